The van der Waals surface area contributed by atoms with Crippen LogP contribution in [0.15, 0.2) is 79.1 Å². The number of hydrogen-bond donors (Lipinski definition) is 1. The van der Waals surface area contributed by atoms with Crippen LogP contribution in [0.2, 0.25) is 0 Å². The Labute approximate surface area is 170 Å². The molecular formula is C24H23N5. The molecule has 4 heterocycles. The van der Waals surface area contributed by atoms with Crippen molar-refractivity contribution < 1.29 is 0 Å². The van der Waals surface area contributed by atoms with Gasteiger partial charge in [-0.15, -0.1) is 0 Å². The molecule has 5 heteroatoms. The van der Waals surface area contributed by atoms with Crippen LogP contribution in [-0.2, 0) is 6.54 Å². The van der Waals surface area contributed by atoms with Crippen molar-refractivity contribution in [1.82, 2.24) is 19.9 Å². The summed E-state index contributed by atoms with van der Waals surface area (Å²) in [6, 6.07) is 22.9. The van der Waals surface area contributed by atoms with E-state index in [1.807, 2.05) is 36.5 Å². The van der Waals surface area contributed by atoms with Crippen molar-refractivity contribution in [3.05, 3.63) is 90.4 Å². The number of anilines is 2. The first-order chi connectivity index (χ1) is 14.4. The molecule has 5 rings (SSSR count). The van der Waals surface area contributed by atoms with E-state index in [-0.39, 0.29) is 0 Å². The Morgan fingerprint density at radius 3 is 2.69 bits per heavy atom. The van der Waals surface area contributed by atoms with Gasteiger partial charge >= 0.3 is 0 Å². The highest BCUT2D eigenvalue weighted by atomic mass is 15.2. The Morgan fingerprint density at radius 1 is 0.862 bits per heavy atom. The summed E-state index contributed by atoms with van der Waals surface area (Å²) in [4.78, 5) is 16.3. The molecular weight excluding hydrogens is 358 g/mol. The summed E-state index contributed by atoms with van der Waals surface area (Å²) >= 11 is 0. The van der Waals surface area contributed by atoms with Gasteiger partial charge in [0, 0.05) is 24.3 Å². The minimum absolute atomic E-state index is 0.326. The van der Waals surface area contributed by atoms with Gasteiger partial charge in [0.1, 0.15) is 11.6 Å². The van der Waals surface area contributed by atoms with Gasteiger partial charge in [0.15, 0.2) is 0 Å². The van der Waals surface area contributed by atoms with Gasteiger partial charge in [-0.1, -0.05) is 30.3 Å². The van der Waals surface area contributed by atoms with Gasteiger partial charge in [-0.2, -0.15) is 0 Å². The maximum absolute atomic E-state index is 4.90. The van der Waals surface area contributed by atoms with Crippen LogP contribution in [0.4, 0.5) is 11.6 Å². The molecule has 0 aliphatic carbocycles. The molecule has 0 radical (unpaired) electrons. The molecule has 1 aliphatic heterocycles. The predicted octanol–water partition coefficient (Wildman–Crippen LogP) is 5.11. The number of nitrogens with one attached hydrogen (secondary N) is 1. The molecule has 0 unspecified atom stereocenters. The van der Waals surface area contributed by atoms with Crippen LogP contribution < -0.4 is 5.32 Å². The molecule has 1 atom stereocenters. The first-order valence-electron chi connectivity index (χ1n) is 10.1. The van der Waals surface area contributed by atoms with E-state index in [1.54, 1.807) is 6.20 Å². The minimum atomic E-state index is 0.326. The van der Waals surface area contributed by atoms with Crippen molar-refractivity contribution in [3.63, 3.8) is 0 Å². The molecule has 1 saturated heterocycles. The number of hydrogen-bond acceptors (Lipinski definition) is 5. The Bertz CT molecular complexity index is 1110. The van der Waals surface area contributed by atoms with Crippen molar-refractivity contribution >= 4 is 22.5 Å². The molecule has 0 bridgehead atoms. The molecule has 1 aliphatic rings. The lowest BCUT2D eigenvalue weighted by atomic mass is 10.1. The maximum Gasteiger partial charge on any atom is 0.131 e. The summed E-state index contributed by atoms with van der Waals surface area (Å²) in [5.41, 5.74) is 3.49. The van der Waals surface area contributed by atoms with Crippen LogP contribution in [0.1, 0.15) is 30.1 Å². The lowest BCUT2D eigenvalue weighted by molar-refractivity contribution is 0.245. The van der Waals surface area contributed by atoms with Gasteiger partial charge in [-0.05, 0) is 61.3 Å². The number of fused-ring (bicyclic) bond motifs is 1. The van der Waals surface area contributed by atoms with E-state index in [9.17, 15) is 0 Å². The highest BCUT2D eigenvalue weighted by Gasteiger charge is 2.27. The van der Waals surface area contributed by atoms with Gasteiger partial charge in [0.05, 0.1) is 17.3 Å². The summed E-state index contributed by atoms with van der Waals surface area (Å²) in [6.45, 7) is 1.99. The largest absolute Gasteiger partial charge is 0.325 e. The zero-order valence-corrected chi connectivity index (χ0v) is 16.2. The van der Waals surface area contributed by atoms with Gasteiger partial charge in [-0.3, -0.25) is 9.88 Å². The molecule has 1 N–H and O–H groups in total. The molecule has 3 aromatic heterocycles. The quantitative estimate of drug-likeness (QED) is 0.521. The van der Waals surface area contributed by atoms with Crippen molar-refractivity contribution in [3.8, 4) is 0 Å². The number of aromatic nitrogens is 3. The first-order valence-corrected chi connectivity index (χ1v) is 10.1. The van der Waals surface area contributed by atoms with Crippen LogP contribution >= 0.6 is 0 Å². The average molecular weight is 381 g/mol. The Kier molecular flexibility index (Phi) is 4.88. The highest BCUT2D eigenvalue weighted by molar-refractivity contribution is 5.81. The molecule has 4 aromatic rings. The second kappa shape index (κ2) is 7.97. The summed E-state index contributed by atoms with van der Waals surface area (Å²) in [5.74, 6) is 1.64. The van der Waals surface area contributed by atoms with Crippen molar-refractivity contribution in [2.24, 2.45) is 0 Å². The molecule has 0 amide bonds. The lowest BCUT2D eigenvalue weighted by Crippen LogP contribution is -2.23. The SMILES string of the molecule is c1ccc(Nc2cccc([C@H]3CCCN3Cc3cccc4ncccc34)n2)nc1. The van der Waals surface area contributed by atoms with E-state index < -0.39 is 0 Å². The van der Waals surface area contributed by atoms with Gasteiger partial charge in [0.25, 0.3) is 0 Å². The topological polar surface area (TPSA) is 53.9 Å². The second-order valence-electron chi connectivity index (χ2n) is 7.40. The third-order valence-corrected chi connectivity index (χ3v) is 5.51. The summed E-state index contributed by atoms with van der Waals surface area (Å²) < 4.78 is 0. The Balaban J connectivity index is 1.39. The van der Waals surface area contributed by atoms with Crippen LogP contribution in [-0.4, -0.2) is 26.4 Å². The van der Waals surface area contributed by atoms with Crippen molar-refractivity contribution in [1.29, 1.82) is 0 Å². The third-order valence-electron chi connectivity index (χ3n) is 5.51. The number of nitrogens with zero attached hydrogens (tertiary/aromatic N) is 4. The Morgan fingerprint density at radius 2 is 1.76 bits per heavy atom. The molecule has 1 fully saturated rings. The number of benzene rings is 1. The van der Waals surface area contributed by atoms with E-state index in [0.29, 0.717) is 6.04 Å². The fourth-order valence-corrected chi connectivity index (χ4v) is 4.15. The monoisotopic (exact) mass is 381 g/mol. The van der Waals surface area contributed by atoms with Crippen LogP contribution in [0.5, 0.6) is 0 Å². The summed E-state index contributed by atoms with van der Waals surface area (Å²) in [6.07, 6.45) is 5.95. The van der Waals surface area contributed by atoms with E-state index in [1.165, 1.54) is 17.4 Å². The van der Waals surface area contributed by atoms with E-state index in [4.69, 9.17) is 4.98 Å². The number of rotatable bonds is 5. The maximum atomic E-state index is 4.90. The number of pyridine rings is 3. The fraction of sp³-hybridized carbons (Fsp3) is 0.208. The fourth-order valence-electron chi connectivity index (χ4n) is 4.15. The highest BCUT2D eigenvalue weighted by Crippen LogP contribution is 2.33. The molecule has 0 saturated carbocycles. The van der Waals surface area contributed by atoms with E-state index in [2.05, 4.69) is 56.6 Å². The van der Waals surface area contributed by atoms with Gasteiger partial charge < -0.3 is 5.32 Å². The molecule has 0 spiro atoms. The van der Waals surface area contributed by atoms with Gasteiger partial charge in [-0.25, -0.2) is 9.97 Å². The first kappa shape index (κ1) is 17.8. The van der Waals surface area contributed by atoms with Crippen molar-refractivity contribution in [2.75, 3.05) is 11.9 Å². The Hall–Kier alpha value is -3.31. The standard InChI is InChI=1S/C24H23N5/c1-2-14-26-23(12-1)28-24-13-4-10-21(27-24)22-11-6-16-29(22)17-18-7-3-9-20-19(18)8-5-15-25-20/h1-5,7-10,12-15,22H,6,11,16-17H2,(H,26,27,28)/t22-/m1/s1. The molecule has 5 nitrogen and oxygen atoms in total. The normalized spacial score (nSPS) is 16.9. The van der Waals surface area contributed by atoms with E-state index in [0.717, 1.165) is 42.4 Å². The van der Waals surface area contributed by atoms with Crippen LogP contribution in [0.25, 0.3) is 10.9 Å². The van der Waals surface area contributed by atoms with Crippen LogP contribution in [0, 0.1) is 0 Å². The predicted molar refractivity (Wildman–Crippen MR) is 116 cm³/mol. The summed E-state index contributed by atoms with van der Waals surface area (Å²) in [5, 5.41) is 4.54. The third kappa shape index (κ3) is 3.82. The smallest absolute Gasteiger partial charge is 0.131 e. The molecule has 144 valence electrons. The molecule has 1 aromatic carbocycles. The zero-order chi connectivity index (χ0) is 19.5. The van der Waals surface area contributed by atoms with E-state index >= 15 is 0 Å². The second-order valence-corrected chi connectivity index (χ2v) is 7.40. The molecule has 29 heavy (non-hydrogen) atoms. The van der Waals surface area contributed by atoms with Crippen LogP contribution in [0.3, 0.4) is 0 Å². The number of likely N-dealkylation sites (tertiary alicyclic amines) is 1. The zero-order valence-electron chi connectivity index (χ0n) is 16.2. The average Bonchev–Trinajstić information content (AvgIpc) is 3.23. The summed E-state index contributed by atoms with van der Waals surface area (Å²) in [7, 11) is 0. The van der Waals surface area contributed by atoms with Gasteiger partial charge in [0.2, 0.25) is 0 Å². The lowest BCUT2D eigenvalue weighted by Gasteiger charge is -2.25. The van der Waals surface area contributed by atoms with Crippen molar-refractivity contribution in [2.45, 2.75) is 25.4 Å². The minimum Gasteiger partial charge on any atom is -0.325 e.